The van der Waals surface area contributed by atoms with Crippen LogP contribution in [0.15, 0.2) is 6.07 Å². The van der Waals surface area contributed by atoms with Gasteiger partial charge < -0.3 is 5.43 Å². The van der Waals surface area contributed by atoms with E-state index in [-0.39, 0.29) is 0 Å². The van der Waals surface area contributed by atoms with Crippen LogP contribution in [0.1, 0.15) is 45.1 Å². The van der Waals surface area contributed by atoms with E-state index in [2.05, 4.69) is 43.1 Å². The van der Waals surface area contributed by atoms with Gasteiger partial charge in [0.2, 0.25) is 0 Å². The van der Waals surface area contributed by atoms with Crippen LogP contribution in [-0.2, 0) is 5.75 Å². The van der Waals surface area contributed by atoms with Crippen molar-refractivity contribution in [3.05, 3.63) is 17.6 Å². The summed E-state index contributed by atoms with van der Waals surface area (Å²) in [5.74, 6) is 10.0. The highest BCUT2D eigenvalue weighted by atomic mass is 32.2. The monoisotopic (exact) mass is 254 g/mol. The Bertz CT molecular complexity index is 352. The zero-order valence-corrected chi connectivity index (χ0v) is 11.8. The molecule has 0 saturated heterocycles. The highest BCUT2D eigenvalue weighted by molar-refractivity contribution is 7.98. The van der Waals surface area contributed by atoms with Crippen molar-refractivity contribution in [1.29, 1.82) is 0 Å². The van der Waals surface area contributed by atoms with Crippen LogP contribution in [0.2, 0.25) is 0 Å². The Morgan fingerprint density at radius 1 is 1.29 bits per heavy atom. The van der Waals surface area contributed by atoms with Gasteiger partial charge in [0.15, 0.2) is 0 Å². The lowest BCUT2D eigenvalue weighted by Gasteiger charge is -2.10. The molecule has 1 aromatic rings. The molecule has 1 heterocycles. The topological polar surface area (TPSA) is 63.8 Å². The molecule has 1 aromatic heterocycles. The second-order valence-corrected chi connectivity index (χ2v) is 5.83. The molecule has 0 unspecified atom stereocenters. The van der Waals surface area contributed by atoms with Crippen molar-refractivity contribution in [2.24, 2.45) is 11.8 Å². The molecule has 0 spiro atoms. The summed E-state index contributed by atoms with van der Waals surface area (Å²) in [6.45, 7) is 8.66. The van der Waals surface area contributed by atoms with Crippen molar-refractivity contribution >= 4 is 17.6 Å². The number of anilines is 1. The molecule has 0 aliphatic rings. The van der Waals surface area contributed by atoms with Gasteiger partial charge in [-0.2, -0.15) is 11.8 Å². The third kappa shape index (κ3) is 4.91. The van der Waals surface area contributed by atoms with E-state index in [0.717, 1.165) is 23.0 Å². The number of thioether (sulfide) groups is 1. The highest BCUT2D eigenvalue weighted by Gasteiger charge is 2.07. The van der Waals surface area contributed by atoms with Gasteiger partial charge in [-0.05, 0) is 17.6 Å². The van der Waals surface area contributed by atoms with E-state index < -0.39 is 0 Å². The molecule has 0 aromatic carbocycles. The summed E-state index contributed by atoms with van der Waals surface area (Å²) in [5.41, 5.74) is 3.64. The number of nitrogens with two attached hydrogens (primary N) is 1. The Labute approximate surface area is 108 Å². The van der Waals surface area contributed by atoms with Gasteiger partial charge in [-0.3, -0.25) is 0 Å². The second kappa shape index (κ2) is 6.81. The number of nitrogens with zero attached hydrogens (tertiary/aromatic N) is 2. The summed E-state index contributed by atoms with van der Waals surface area (Å²) in [5, 5.41) is 0. The number of nitrogens with one attached hydrogen (secondary N) is 1. The molecule has 96 valence electrons. The molecule has 0 aliphatic carbocycles. The lowest BCUT2D eigenvalue weighted by Crippen LogP contribution is -2.12. The highest BCUT2D eigenvalue weighted by Crippen LogP contribution is 2.18. The number of hydrogen-bond acceptors (Lipinski definition) is 5. The Morgan fingerprint density at radius 3 is 2.53 bits per heavy atom. The molecule has 17 heavy (non-hydrogen) atoms. The predicted octanol–water partition coefficient (Wildman–Crippen LogP) is 2.77. The molecule has 0 aliphatic heterocycles. The van der Waals surface area contributed by atoms with E-state index in [1.165, 1.54) is 0 Å². The third-order valence-electron chi connectivity index (χ3n) is 2.21. The van der Waals surface area contributed by atoms with Crippen molar-refractivity contribution in [2.75, 3.05) is 11.2 Å². The Hall–Kier alpha value is -0.810. The molecule has 0 saturated carbocycles. The normalized spacial score (nSPS) is 11.2. The van der Waals surface area contributed by atoms with E-state index in [4.69, 9.17) is 5.84 Å². The fraction of sp³-hybridized carbons (Fsp3) is 0.667. The van der Waals surface area contributed by atoms with Gasteiger partial charge >= 0.3 is 0 Å². The summed E-state index contributed by atoms with van der Waals surface area (Å²) < 4.78 is 0. The molecular weight excluding hydrogens is 232 g/mol. The summed E-state index contributed by atoms with van der Waals surface area (Å²) in [6.07, 6.45) is 0. The SMILES string of the molecule is CC(C)CSCc1nc(NN)cc(C(C)C)n1. The molecule has 0 radical (unpaired) electrons. The van der Waals surface area contributed by atoms with Crippen molar-refractivity contribution in [3.8, 4) is 0 Å². The largest absolute Gasteiger partial charge is 0.308 e. The minimum atomic E-state index is 0.388. The van der Waals surface area contributed by atoms with Crippen molar-refractivity contribution in [3.63, 3.8) is 0 Å². The molecule has 5 heteroatoms. The molecular formula is C12H22N4S. The van der Waals surface area contributed by atoms with Gasteiger partial charge in [-0.1, -0.05) is 27.7 Å². The first-order valence-electron chi connectivity index (χ1n) is 5.95. The van der Waals surface area contributed by atoms with Crippen LogP contribution >= 0.6 is 11.8 Å². The molecule has 0 atom stereocenters. The van der Waals surface area contributed by atoms with Crippen LogP contribution in [0.25, 0.3) is 0 Å². The first-order valence-corrected chi connectivity index (χ1v) is 7.10. The van der Waals surface area contributed by atoms with Crippen LogP contribution in [0.5, 0.6) is 0 Å². The molecule has 4 nitrogen and oxygen atoms in total. The van der Waals surface area contributed by atoms with E-state index >= 15 is 0 Å². The van der Waals surface area contributed by atoms with Crippen molar-refractivity contribution in [2.45, 2.75) is 39.4 Å². The Morgan fingerprint density at radius 2 is 2.00 bits per heavy atom. The molecule has 0 amide bonds. The average Bonchev–Trinajstić information content (AvgIpc) is 2.28. The van der Waals surface area contributed by atoms with Gasteiger partial charge in [0.25, 0.3) is 0 Å². The van der Waals surface area contributed by atoms with Gasteiger partial charge in [-0.15, -0.1) is 0 Å². The quantitative estimate of drug-likeness (QED) is 0.603. The number of nitrogen functional groups attached to an aromatic ring is 1. The lowest BCUT2D eigenvalue weighted by molar-refractivity contribution is 0.749. The smallest absolute Gasteiger partial charge is 0.143 e. The fourth-order valence-electron chi connectivity index (χ4n) is 1.34. The van der Waals surface area contributed by atoms with E-state index in [1.54, 1.807) is 0 Å². The van der Waals surface area contributed by atoms with Crippen molar-refractivity contribution in [1.82, 2.24) is 9.97 Å². The maximum atomic E-state index is 5.42. The Balaban J connectivity index is 2.73. The lowest BCUT2D eigenvalue weighted by atomic mass is 10.1. The van der Waals surface area contributed by atoms with Crippen LogP contribution in [-0.4, -0.2) is 15.7 Å². The predicted molar refractivity (Wildman–Crippen MR) is 74.9 cm³/mol. The first-order chi connectivity index (χ1) is 8.02. The number of rotatable bonds is 6. The van der Waals surface area contributed by atoms with E-state index in [1.807, 2.05) is 17.8 Å². The van der Waals surface area contributed by atoms with Gasteiger partial charge in [0.1, 0.15) is 11.6 Å². The zero-order chi connectivity index (χ0) is 12.8. The average molecular weight is 254 g/mol. The van der Waals surface area contributed by atoms with Crippen LogP contribution in [0.3, 0.4) is 0 Å². The standard InChI is InChI=1S/C12H22N4S/c1-8(2)6-17-7-12-14-10(9(3)4)5-11(15-12)16-13/h5,8-9H,6-7,13H2,1-4H3,(H,14,15,16). The van der Waals surface area contributed by atoms with Crippen LogP contribution < -0.4 is 11.3 Å². The summed E-state index contributed by atoms with van der Waals surface area (Å²) in [7, 11) is 0. The number of hydrazine groups is 1. The van der Waals surface area contributed by atoms with E-state index in [0.29, 0.717) is 17.7 Å². The Kier molecular flexibility index (Phi) is 5.71. The molecule has 0 fully saturated rings. The molecule has 0 bridgehead atoms. The van der Waals surface area contributed by atoms with Crippen LogP contribution in [0.4, 0.5) is 5.82 Å². The number of hydrogen-bond donors (Lipinski definition) is 2. The summed E-state index contributed by atoms with van der Waals surface area (Å²) >= 11 is 1.86. The van der Waals surface area contributed by atoms with Gasteiger partial charge in [0.05, 0.1) is 5.75 Å². The molecule has 1 rings (SSSR count). The molecule has 3 N–H and O–H groups in total. The fourth-order valence-corrected chi connectivity index (χ4v) is 2.24. The third-order valence-corrected chi connectivity index (χ3v) is 3.58. The second-order valence-electron chi connectivity index (χ2n) is 4.80. The maximum Gasteiger partial charge on any atom is 0.143 e. The minimum Gasteiger partial charge on any atom is -0.308 e. The maximum absolute atomic E-state index is 5.42. The van der Waals surface area contributed by atoms with E-state index in [9.17, 15) is 0 Å². The summed E-state index contributed by atoms with van der Waals surface area (Å²) in [6, 6.07) is 1.90. The zero-order valence-electron chi connectivity index (χ0n) is 11.0. The first kappa shape index (κ1) is 14.3. The minimum absolute atomic E-state index is 0.388. The van der Waals surface area contributed by atoms with Crippen LogP contribution in [0, 0.1) is 5.92 Å². The van der Waals surface area contributed by atoms with Gasteiger partial charge in [0, 0.05) is 11.8 Å². The van der Waals surface area contributed by atoms with Crippen molar-refractivity contribution < 1.29 is 0 Å². The summed E-state index contributed by atoms with van der Waals surface area (Å²) in [4.78, 5) is 8.91. The number of aromatic nitrogens is 2. The van der Waals surface area contributed by atoms with Gasteiger partial charge in [-0.25, -0.2) is 15.8 Å².